The van der Waals surface area contributed by atoms with Crippen LogP contribution in [0.2, 0.25) is 0 Å². The van der Waals surface area contributed by atoms with Gasteiger partial charge in [0, 0.05) is 6.61 Å². The smallest absolute Gasteiger partial charge is 0.0603 e. The first-order chi connectivity index (χ1) is 5.72. The Kier molecular flexibility index (Phi) is 6.45. The summed E-state index contributed by atoms with van der Waals surface area (Å²) in [5.74, 6) is 1.51. The topological polar surface area (TPSA) is 9.23 Å². The lowest BCUT2D eigenvalue weighted by molar-refractivity contribution is 0.0523. The van der Waals surface area contributed by atoms with Crippen LogP contribution >= 0.6 is 0 Å². The largest absolute Gasteiger partial charge is 0.378 e. The van der Waals surface area contributed by atoms with Crippen LogP contribution in [0.3, 0.4) is 0 Å². The fourth-order valence-corrected chi connectivity index (χ4v) is 1.45. The maximum Gasteiger partial charge on any atom is 0.0603 e. The molecule has 0 aliphatic carbocycles. The maximum absolute atomic E-state index is 5.58. The predicted molar refractivity (Wildman–Crippen MR) is 54.3 cm³/mol. The van der Waals surface area contributed by atoms with E-state index in [9.17, 15) is 0 Å². The second-order valence-electron chi connectivity index (χ2n) is 3.65. The Morgan fingerprint density at radius 1 is 1.17 bits per heavy atom. The van der Waals surface area contributed by atoms with Gasteiger partial charge >= 0.3 is 0 Å². The summed E-state index contributed by atoms with van der Waals surface area (Å²) in [5.41, 5.74) is 0. The molecule has 1 heteroatoms. The Morgan fingerprint density at radius 3 is 2.08 bits per heavy atom. The molecule has 1 rings (SSSR count). The number of ether oxygens (including phenoxy) is 1. The second-order valence-corrected chi connectivity index (χ2v) is 3.65. The molecule has 0 aromatic carbocycles. The molecule has 0 saturated carbocycles. The minimum atomic E-state index is 0.556. The van der Waals surface area contributed by atoms with E-state index in [4.69, 9.17) is 4.74 Å². The summed E-state index contributed by atoms with van der Waals surface area (Å²) in [6, 6.07) is 0. The summed E-state index contributed by atoms with van der Waals surface area (Å²) in [5, 5.41) is 0. The van der Waals surface area contributed by atoms with Gasteiger partial charge in [-0.25, -0.2) is 0 Å². The standard InChI is InChI=1S/C9H18O.C2H6/c1-7(2)8(3)9-5-4-6-10-9;1-2/h7-9H,4-6H2,1-3H3;1-2H3. The Hall–Kier alpha value is -0.0400. The normalized spacial score (nSPS) is 25.0. The Labute approximate surface area is 77.5 Å². The van der Waals surface area contributed by atoms with Crippen molar-refractivity contribution in [2.75, 3.05) is 6.61 Å². The molecule has 0 N–H and O–H groups in total. The van der Waals surface area contributed by atoms with Crippen molar-refractivity contribution in [1.82, 2.24) is 0 Å². The highest BCUT2D eigenvalue weighted by molar-refractivity contribution is 4.73. The summed E-state index contributed by atoms with van der Waals surface area (Å²) in [6.07, 6.45) is 3.10. The first kappa shape index (κ1) is 12.0. The van der Waals surface area contributed by atoms with E-state index in [0.717, 1.165) is 18.4 Å². The predicted octanol–water partition coefficient (Wildman–Crippen LogP) is 3.48. The molecule has 0 aromatic rings. The molecule has 74 valence electrons. The van der Waals surface area contributed by atoms with Crippen molar-refractivity contribution in [3.63, 3.8) is 0 Å². The van der Waals surface area contributed by atoms with E-state index in [1.807, 2.05) is 13.8 Å². The third-order valence-corrected chi connectivity index (χ3v) is 2.60. The van der Waals surface area contributed by atoms with Crippen LogP contribution < -0.4 is 0 Å². The molecule has 1 heterocycles. The van der Waals surface area contributed by atoms with Crippen molar-refractivity contribution in [1.29, 1.82) is 0 Å². The zero-order chi connectivity index (χ0) is 9.56. The van der Waals surface area contributed by atoms with Crippen LogP contribution in [-0.2, 0) is 4.74 Å². The van der Waals surface area contributed by atoms with Crippen LogP contribution in [0.4, 0.5) is 0 Å². The summed E-state index contributed by atoms with van der Waals surface area (Å²) < 4.78 is 5.58. The molecule has 1 aliphatic heterocycles. The monoisotopic (exact) mass is 172 g/mol. The molecule has 1 fully saturated rings. The molecular weight excluding hydrogens is 148 g/mol. The zero-order valence-corrected chi connectivity index (χ0v) is 9.26. The van der Waals surface area contributed by atoms with Crippen LogP contribution in [0, 0.1) is 11.8 Å². The Morgan fingerprint density at radius 2 is 1.75 bits per heavy atom. The quantitative estimate of drug-likeness (QED) is 0.619. The van der Waals surface area contributed by atoms with E-state index in [1.165, 1.54) is 12.8 Å². The molecule has 0 amide bonds. The van der Waals surface area contributed by atoms with Crippen molar-refractivity contribution in [3.8, 4) is 0 Å². The van der Waals surface area contributed by atoms with Crippen molar-refractivity contribution in [3.05, 3.63) is 0 Å². The molecule has 1 aliphatic rings. The first-order valence-corrected chi connectivity index (χ1v) is 5.33. The number of rotatable bonds is 2. The van der Waals surface area contributed by atoms with Gasteiger partial charge in [0.25, 0.3) is 0 Å². The SMILES string of the molecule is CC.CC(C)C(C)C1CCCO1. The molecule has 1 saturated heterocycles. The minimum absolute atomic E-state index is 0.556. The van der Waals surface area contributed by atoms with Crippen molar-refractivity contribution in [2.45, 2.75) is 53.6 Å². The van der Waals surface area contributed by atoms with E-state index in [0.29, 0.717) is 6.10 Å². The molecule has 2 atom stereocenters. The molecule has 0 radical (unpaired) electrons. The summed E-state index contributed by atoms with van der Waals surface area (Å²) in [4.78, 5) is 0. The second kappa shape index (κ2) is 6.47. The molecule has 0 bridgehead atoms. The van der Waals surface area contributed by atoms with Crippen molar-refractivity contribution in [2.24, 2.45) is 11.8 Å². The Bertz CT molecular complexity index is 93.2. The summed E-state index contributed by atoms with van der Waals surface area (Å²) in [6.45, 7) is 11.8. The van der Waals surface area contributed by atoms with E-state index in [-0.39, 0.29) is 0 Å². The van der Waals surface area contributed by atoms with Gasteiger partial charge in [-0.05, 0) is 24.7 Å². The third kappa shape index (κ3) is 3.57. The number of hydrogen-bond donors (Lipinski definition) is 0. The van der Waals surface area contributed by atoms with Gasteiger partial charge in [0.05, 0.1) is 6.10 Å². The molecular formula is C11H24O. The van der Waals surface area contributed by atoms with Gasteiger partial charge in [-0.2, -0.15) is 0 Å². The van der Waals surface area contributed by atoms with Crippen LogP contribution in [-0.4, -0.2) is 12.7 Å². The van der Waals surface area contributed by atoms with Crippen molar-refractivity contribution >= 4 is 0 Å². The average Bonchev–Trinajstić information content (AvgIpc) is 2.58. The van der Waals surface area contributed by atoms with Gasteiger partial charge in [0.1, 0.15) is 0 Å². The zero-order valence-electron chi connectivity index (χ0n) is 9.26. The van der Waals surface area contributed by atoms with Gasteiger partial charge in [-0.15, -0.1) is 0 Å². The maximum atomic E-state index is 5.58. The summed E-state index contributed by atoms with van der Waals surface area (Å²) in [7, 11) is 0. The molecule has 0 aromatic heterocycles. The van der Waals surface area contributed by atoms with Crippen molar-refractivity contribution < 1.29 is 4.74 Å². The Balaban J connectivity index is 0.000000561. The average molecular weight is 172 g/mol. The van der Waals surface area contributed by atoms with E-state index in [1.54, 1.807) is 0 Å². The van der Waals surface area contributed by atoms with Gasteiger partial charge in [0.15, 0.2) is 0 Å². The van der Waals surface area contributed by atoms with E-state index in [2.05, 4.69) is 20.8 Å². The van der Waals surface area contributed by atoms with Crippen LogP contribution in [0.25, 0.3) is 0 Å². The summed E-state index contributed by atoms with van der Waals surface area (Å²) >= 11 is 0. The molecule has 0 spiro atoms. The lowest BCUT2D eigenvalue weighted by atomic mass is 9.91. The molecule has 12 heavy (non-hydrogen) atoms. The van der Waals surface area contributed by atoms with Gasteiger partial charge in [-0.1, -0.05) is 34.6 Å². The minimum Gasteiger partial charge on any atom is -0.378 e. The highest BCUT2D eigenvalue weighted by atomic mass is 16.5. The van der Waals surface area contributed by atoms with Gasteiger partial charge in [0.2, 0.25) is 0 Å². The third-order valence-electron chi connectivity index (χ3n) is 2.60. The molecule has 1 nitrogen and oxygen atoms in total. The number of hydrogen-bond acceptors (Lipinski definition) is 1. The fraction of sp³-hybridized carbons (Fsp3) is 1.00. The molecule has 2 unspecified atom stereocenters. The van der Waals surface area contributed by atoms with E-state index < -0.39 is 0 Å². The van der Waals surface area contributed by atoms with Crippen LogP contribution in [0.15, 0.2) is 0 Å². The highest BCUT2D eigenvalue weighted by Gasteiger charge is 2.23. The lowest BCUT2D eigenvalue weighted by Crippen LogP contribution is -2.21. The van der Waals surface area contributed by atoms with Gasteiger partial charge < -0.3 is 4.74 Å². The fourth-order valence-electron chi connectivity index (χ4n) is 1.45. The highest BCUT2D eigenvalue weighted by Crippen LogP contribution is 2.25. The first-order valence-electron chi connectivity index (χ1n) is 5.33. The van der Waals surface area contributed by atoms with Crippen LogP contribution in [0.1, 0.15) is 47.5 Å². The van der Waals surface area contributed by atoms with E-state index >= 15 is 0 Å². The lowest BCUT2D eigenvalue weighted by Gasteiger charge is -2.21. The van der Waals surface area contributed by atoms with Crippen LogP contribution in [0.5, 0.6) is 0 Å². The van der Waals surface area contributed by atoms with Gasteiger partial charge in [-0.3, -0.25) is 0 Å².